The zero-order valence-corrected chi connectivity index (χ0v) is 16.8. The molecule has 3 nitrogen and oxygen atoms in total. The Morgan fingerprint density at radius 2 is 1.62 bits per heavy atom. The van der Waals surface area contributed by atoms with Gasteiger partial charge in [-0.1, -0.05) is 41.0 Å². The van der Waals surface area contributed by atoms with Crippen LogP contribution in [0.4, 0.5) is 0 Å². The van der Waals surface area contributed by atoms with Crippen LogP contribution in [0, 0.1) is 0 Å². The zero-order chi connectivity index (χ0) is 18.1. The Hall–Kier alpha value is -0.455. The fourth-order valence-corrected chi connectivity index (χ4v) is 3.36. The highest BCUT2D eigenvalue weighted by Gasteiger charge is 2.52. The van der Waals surface area contributed by atoms with E-state index in [4.69, 9.17) is 32.5 Å². The van der Waals surface area contributed by atoms with Crippen molar-refractivity contribution < 1.29 is 14.1 Å². The van der Waals surface area contributed by atoms with Crippen LogP contribution in [0.25, 0.3) is 6.08 Å². The first-order valence-corrected chi connectivity index (χ1v) is 9.40. The second-order valence-electron chi connectivity index (χ2n) is 6.79. The smallest absolute Gasteiger partial charge is 0.400 e. The van der Waals surface area contributed by atoms with Crippen molar-refractivity contribution in [3.63, 3.8) is 0 Å². The summed E-state index contributed by atoms with van der Waals surface area (Å²) < 4.78 is 12.2. The van der Waals surface area contributed by atoms with E-state index in [9.17, 15) is 4.79 Å². The van der Waals surface area contributed by atoms with Gasteiger partial charge in [-0.25, -0.2) is 0 Å². The highest BCUT2D eigenvalue weighted by atomic mass is 35.5. The minimum Gasteiger partial charge on any atom is -0.400 e. The van der Waals surface area contributed by atoms with Crippen LogP contribution < -0.4 is 0 Å². The molecular weight excluding hydrogens is 366 g/mol. The summed E-state index contributed by atoms with van der Waals surface area (Å²) in [4.78, 5) is 11.4. The molecule has 1 aromatic carbocycles. The molecule has 0 saturated carbocycles. The van der Waals surface area contributed by atoms with E-state index in [2.05, 4.69) is 0 Å². The van der Waals surface area contributed by atoms with Crippen molar-refractivity contribution in [1.82, 2.24) is 0 Å². The molecular formula is C17H21BCl2O3S. The Balaban J connectivity index is 2.35. The van der Waals surface area contributed by atoms with Gasteiger partial charge in [-0.05, 0) is 56.9 Å². The van der Waals surface area contributed by atoms with Crippen LogP contribution in [0.1, 0.15) is 40.2 Å². The van der Waals surface area contributed by atoms with Crippen LogP contribution >= 0.6 is 35.0 Å². The highest BCUT2D eigenvalue weighted by Crippen LogP contribution is 2.39. The van der Waals surface area contributed by atoms with Gasteiger partial charge in [-0.3, -0.25) is 4.79 Å². The Morgan fingerprint density at radius 3 is 2.08 bits per heavy atom. The maximum Gasteiger partial charge on any atom is 0.491 e. The number of thioether (sulfide) groups is 1. The predicted octanol–water partition coefficient (Wildman–Crippen LogP) is 5.29. The summed E-state index contributed by atoms with van der Waals surface area (Å²) in [5.41, 5.74) is 0.835. The number of halogens is 2. The van der Waals surface area contributed by atoms with Crippen molar-refractivity contribution in [2.75, 3.05) is 5.75 Å². The quantitative estimate of drug-likeness (QED) is 0.658. The molecule has 0 spiro atoms. The summed E-state index contributed by atoms with van der Waals surface area (Å²) in [5, 5.41) is 1.16. The van der Waals surface area contributed by atoms with E-state index in [0.29, 0.717) is 15.8 Å². The Kier molecular flexibility index (Phi) is 6.14. The standard InChI is InChI=1S/C17H21BCl2O3S/c1-11(21)24-10-13(6-12-7-14(19)9-15(20)8-12)18-22-16(2,3)17(4,5)23-18/h6-9H,10H2,1-5H3. The topological polar surface area (TPSA) is 35.5 Å². The average Bonchev–Trinajstić information content (AvgIpc) is 2.62. The third-order valence-corrected chi connectivity index (χ3v) is 5.56. The lowest BCUT2D eigenvalue weighted by molar-refractivity contribution is -0.109. The predicted molar refractivity (Wildman–Crippen MR) is 104 cm³/mol. The summed E-state index contributed by atoms with van der Waals surface area (Å²) in [6.07, 6.45) is 1.93. The van der Waals surface area contributed by atoms with Crippen molar-refractivity contribution in [2.45, 2.75) is 45.8 Å². The molecule has 0 amide bonds. The number of hydrogen-bond acceptors (Lipinski definition) is 4. The average molecular weight is 387 g/mol. The van der Waals surface area contributed by atoms with E-state index in [1.54, 1.807) is 13.0 Å². The van der Waals surface area contributed by atoms with Crippen LogP contribution in [-0.2, 0) is 14.1 Å². The van der Waals surface area contributed by atoms with Gasteiger partial charge in [-0.15, -0.1) is 0 Å². The van der Waals surface area contributed by atoms with Gasteiger partial charge < -0.3 is 9.31 Å². The third kappa shape index (κ3) is 4.80. The number of carbonyl (C=O) groups excluding carboxylic acids is 1. The van der Waals surface area contributed by atoms with E-state index >= 15 is 0 Å². The van der Waals surface area contributed by atoms with Crippen LogP contribution in [0.2, 0.25) is 10.0 Å². The SMILES string of the molecule is CC(=O)SCC(=Cc1cc(Cl)cc(Cl)c1)B1OC(C)(C)C(C)(C)O1. The van der Waals surface area contributed by atoms with Crippen LogP contribution in [-0.4, -0.2) is 29.2 Å². The van der Waals surface area contributed by atoms with E-state index < -0.39 is 18.3 Å². The molecule has 24 heavy (non-hydrogen) atoms. The molecule has 0 atom stereocenters. The summed E-state index contributed by atoms with van der Waals surface area (Å²) >= 11 is 13.4. The fourth-order valence-electron chi connectivity index (χ4n) is 2.23. The monoisotopic (exact) mass is 386 g/mol. The molecule has 0 unspecified atom stereocenters. The molecule has 0 aromatic heterocycles. The van der Waals surface area contributed by atoms with Gasteiger partial charge in [0.1, 0.15) is 0 Å². The molecule has 7 heteroatoms. The molecule has 0 aliphatic carbocycles. The van der Waals surface area contributed by atoms with E-state index in [1.807, 2.05) is 45.9 Å². The van der Waals surface area contributed by atoms with Crippen molar-refractivity contribution in [1.29, 1.82) is 0 Å². The minimum absolute atomic E-state index is 0.0431. The number of rotatable bonds is 4. The number of hydrogen-bond donors (Lipinski definition) is 0. The van der Waals surface area contributed by atoms with Crippen molar-refractivity contribution in [2.24, 2.45) is 0 Å². The fraction of sp³-hybridized carbons (Fsp3) is 0.471. The molecule has 1 aliphatic heterocycles. The minimum atomic E-state index is -0.514. The summed E-state index contributed by atoms with van der Waals surface area (Å²) in [6, 6.07) is 5.31. The van der Waals surface area contributed by atoms with Crippen LogP contribution in [0.3, 0.4) is 0 Å². The molecule has 0 radical (unpaired) electrons. The van der Waals surface area contributed by atoms with Crippen LogP contribution in [0.5, 0.6) is 0 Å². The molecule has 1 saturated heterocycles. The maximum absolute atomic E-state index is 11.4. The second-order valence-corrected chi connectivity index (χ2v) is 8.82. The van der Waals surface area contributed by atoms with Gasteiger partial charge in [0, 0.05) is 22.7 Å². The van der Waals surface area contributed by atoms with E-state index in [-0.39, 0.29) is 5.12 Å². The molecule has 2 rings (SSSR count). The first kappa shape index (κ1) is 19.9. The van der Waals surface area contributed by atoms with Gasteiger partial charge in [0.2, 0.25) is 0 Å². The molecule has 1 fully saturated rings. The number of benzene rings is 1. The normalized spacial score (nSPS) is 19.6. The van der Waals surface area contributed by atoms with Gasteiger partial charge in [0.25, 0.3) is 0 Å². The first-order valence-electron chi connectivity index (χ1n) is 7.66. The van der Waals surface area contributed by atoms with Crippen LogP contribution in [0.15, 0.2) is 23.7 Å². The lowest BCUT2D eigenvalue weighted by Gasteiger charge is -2.32. The van der Waals surface area contributed by atoms with Gasteiger partial charge in [0.15, 0.2) is 5.12 Å². The van der Waals surface area contributed by atoms with E-state index in [1.165, 1.54) is 11.8 Å². The summed E-state index contributed by atoms with van der Waals surface area (Å²) in [7, 11) is -0.514. The van der Waals surface area contributed by atoms with Crippen molar-refractivity contribution in [3.05, 3.63) is 39.3 Å². The van der Waals surface area contributed by atoms with Gasteiger partial charge in [0.05, 0.1) is 11.2 Å². The molecule has 1 aromatic rings. The number of carbonyl (C=O) groups is 1. The second kappa shape index (κ2) is 7.42. The lowest BCUT2D eigenvalue weighted by atomic mass is 9.78. The summed E-state index contributed by atoms with van der Waals surface area (Å²) in [5.74, 6) is 0.482. The van der Waals surface area contributed by atoms with Gasteiger partial charge >= 0.3 is 7.12 Å². The first-order chi connectivity index (χ1) is 11.0. The lowest BCUT2D eigenvalue weighted by Crippen LogP contribution is -2.41. The van der Waals surface area contributed by atoms with E-state index in [0.717, 1.165) is 11.0 Å². The zero-order valence-electron chi connectivity index (χ0n) is 14.5. The Bertz CT molecular complexity index is 638. The third-order valence-electron chi connectivity index (χ3n) is 4.24. The Morgan fingerprint density at radius 1 is 1.12 bits per heavy atom. The van der Waals surface area contributed by atoms with Crippen molar-refractivity contribution >= 4 is 53.3 Å². The highest BCUT2D eigenvalue weighted by molar-refractivity contribution is 8.13. The van der Waals surface area contributed by atoms with Gasteiger partial charge in [-0.2, -0.15) is 0 Å². The summed E-state index contributed by atoms with van der Waals surface area (Å²) in [6.45, 7) is 9.54. The molecule has 1 heterocycles. The van der Waals surface area contributed by atoms with Crippen molar-refractivity contribution in [3.8, 4) is 0 Å². The molecule has 0 bridgehead atoms. The Labute approximate surface area is 158 Å². The largest absolute Gasteiger partial charge is 0.491 e. The molecule has 0 N–H and O–H groups in total. The maximum atomic E-state index is 11.4. The molecule has 1 aliphatic rings. The molecule has 130 valence electrons.